The Morgan fingerprint density at radius 3 is 2.05 bits per heavy atom. The van der Waals surface area contributed by atoms with Crippen LogP contribution in [0.5, 0.6) is 0 Å². The predicted octanol–water partition coefficient (Wildman–Crippen LogP) is 5.47. The molecule has 20 heavy (non-hydrogen) atoms. The maximum absolute atomic E-state index is 13.9. The maximum Gasteiger partial charge on any atom is 0.131 e. The van der Waals surface area contributed by atoms with Gasteiger partial charge in [-0.3, -0.25) is 0 Å². The Morgan fingerprint density at radius 1 is 0.650 bits per heavy atom. The molecule has 0 aliphatic carbocycles. The molecule has 98 valence electrons. The van der Waals surface area contributed by atoms with Crippen LogP contribution >= 0.6 is 0 Å². The molecule has 0 aromatic heterocycles. The van der Waals surface area contributed by atoms with Gasteiger partial charge in [0.15, 0.2) is 0 Å². The Balaban J connectivity index is 2.09. The van der Waals surface area contributed by atoms with Crippen molar-refractivity contribution in [2.24, 2.45) is 0 Å². The van der Waals surface area contributed by atoms with E-state index in [9.17, 15) is 4.39 Å². The van der Waals surface area contributed by atoms with Gasteiger partial charge in [-0.25, -0.2) is 4.39 Å². The molecule has 0 nitrogen and oxygen atoms in total. The van der Waals surface area contributed by atoms with Gasteiger partial charge in [-0.15, -0.1) is 0 Å². The molecule has 3 aromatic carbocycles. The molecular weight excluding hydrogens is 247 g/mol. The van der Waals surface area contributed by atoms with Crippen molar-refractivity contribution in [2.75, 3.05) is 0 Å². The first kappa shape index (κ1) is 12.6. The largest absolute Gasteiger partial charge is 0.206 e. The molecule has 0 radical (unpaired) electrons. The summed E-state index contributed by atoms with van der Waals surface area (Å²) in [6.07, 6.45) is 0. The molecule has 3 rings (SSSR count). The lowest BCUT2D eigenvalue weighted by Gasteiger charge is -2.07. The Morgan fingerprint density at radius 2 is 1.30 bits per heavy atom. The zero-order chi connectivity index (χ0) is 13.9. The van der Waals surface area contributed by atoms with Crippen LogP contribution in [0.2, 0.25) is 0 Å². The number of aryl methyl sites for hydroxylation is 1. The molecule has 0 N–H and O–H groups in total. The lowest BCUT2D eigenvalue weighted by molar-refractivity contribution is 0.631. The SMILES string of the molecule is Cc1cccc(-c2cccc(-c3ccccc3F)c2)c1. The second-order valence-corrected chi connectivity index (χ2v) is 4.93. The van der Waals surface area contributed by atoms with Gasteiger partial charge in [-0.2, -0.15) is 0 Å². The highest BCUT2D eigenvalue weighted by molar-refractivity contribution is 5.73. The summed E-state index contributed by atoms with van der Waals surface area (Å²) >= 11 is 0. The summed E-state index contributed by atoms with van der Waals surface area (Å²) in [7, 11) is 0. The lowest BCUT2D eigenvalue weighted by Crippen LogP contribution is -1.85. The monoisotopic (exact) mass is 262 g/mol. The van der Waals surface area contributed by atoms with Gasteiger partial charge in [0.1, 0.15) is 5.82 Å². The highest BCUT2D eigenvalue weighted by Gasteiger charge is 2.05. The quantitative estimate of drug-likeness (QED) is 0.574. The minimum Gasteiger partial charge on any atom is -0.206 e. The number of rotatable bonds is 2. The third-order valence-electron chi connectivity index (χ3n) is 3.40. The second-order valence-electron chi connectivity index (χ2n) is 4.93. The minimum atomic E-state index is -0.186. The Kier molecular flexibility index (Phi) is 3.34. The van der Waals surface area contributed by atoms with Crippen LogP contribution in [-0.2, 0) is 0 Å². The minimum absolute atomic E-state index is 0.186. The van der Waals surface area contributed by atoms with Crippen LogP contribution < -0.4 is 0 Å². The van der Waals surface area contributed by atoms with E-state index >= 15 is 0 Å². The fraction of sp³-hybridized carbons (Fsp3) is 0.0526. The Bertz CT molecular complexity index is 744. The summed E-state index contributed by atoms with van der Waals surface area (Å²) in [6.45, 7) is 2.07. The van der Waals surface area contributed by atoms with E-state index in [1.165, 1.54) is 11.6 Å². The summed E-state index contributed by atoms with van der Waals surface area (Å²) in [5, 5.41) is 0. The number of hydrogen-bond acceptors (Lipinski definition) is 0. The Hall–Kier alpha value is -2.41. The maximum atomic E-state index is 13.9. The van der Waals surface area contributed by atoms with E-state index in [4.69, 9.17) is 0 Å². The van der Waals surface area contributed by atoms with Crippen LogP contribution in [0.25, 0.3) is 22.3 Å². The molecule has 0 spiro atoms. The fourth-order valence-electron chi connectivity index (χ4n) is 2.39. The van der Waals surface area contributed by atoms with E-state index < -0.39 is 0 Å². The summed E-state index contributed by atoms with van der Waals surface area (Å²) < 4.78 is 13.9. The molecule has 0 aliphatic heterocycles. The standard InChI is InChI=1S/C19H15F/c1-14-6-4-7-15(12-14)16-8-5-9-17(13-16)18-10-2-3-11-19(18)20/h2-13H,1H3. The first-order valence-electron chi connectivity index (χ1n) is 6.66. The zero-order valence-corrected chi connectivity index (χ0v) is 11.3. The van der Waals surface area contributed by atoms with Crippen LogP contribution in [0.4, 0.5) is 4.39 Å². The average Bonchev–Trinajstić information content (AvgIpc) is 2.48. The smallest absolute Gasteiger partial charge is 0.131 e. The van der Waals surface area contributed by atoms with Crippen molar-refractivity contribution in [2.45, 2.75) is 6.92 Å². The molecule has 0 unspecified atom stereocenters. The first-order chi connectivity index (χ1) is 9.74. The van der Waals surface area contributed by atoms with Gasteiger partial charge in [-0.05, 0) is 35.7 Å². The van der Waals surface area contributed by atoms with Gasteiger partial charge in [0, 0.05) is 5.56 Å². The molecule has 0 amide bonds. The van der Waals surface area contributed by atoms with Gasteiger partial charge in [-0.1, -0.05) is 66.2 Å². The van der Waals surface area contributed by atoms with Crippen LogP contribution in [0.3, 0.4) is 0 Å². The summed E-state index contributed by atoms with van der Waals surface area (Å²) in [6, 6.07) is 23.2. The third-order valence-corrected chi connectivity index (χ3v) is 3.40. The molecule has 0 saturated carbocycles. The molecule has 0 atom stereocenters. The van der Waals surface area contributed by atoms with Gasteiger partial charge < -0.3 is 0 Å². The summed E-state index contributed by atoms with van der Waals surface area (Å²) in [4.78, 5) is 0. The lowest BCUT2D eigenvalue weighted by atomic mass is 9.98. The normalized spacial score (nSPS) is 10.5. The summed E-state index contributed by atoms with van der Waals surface area (Å²) in [5.41, 5.74) is 5.03. The van der Waals surface area contributed by atoms with E-state index in [1.54, 1.807) is 6.07 Å². The van der Waals surface area contributed by atoms with Crippen molar-refractivity contribution in [1.82, 2.24) is 0 Å². The number of benzene rings is 3. The zero-order valence-electron chi connectivity index (χ0n) is 11.3. The summed E-state index contributed by atoms with van der Waals surface area (Å²) in [5.74, 6) is -0.186. The highest BCUT2D eigenvalue weighted by atomic mass is 19.1. The molecule has 1 heteroatoms. The molecule has 0 bridgehead atoms. The molecule has 0 fully saturated rings. The molecule has 0 aliphatic rings. The number of hydrogen-bond donors (Lipinski definition) is 0. The average molecular weight is 262 g/mol. The van der Waals surface area contributed by atoms with Crippen molar-refractivity contribution >= 4 is 0 Å². The second kappa shape index (κ2) is 5.30. The predicted molar refractivity (Wildman–Crippen MR) is 82.0 cm³/mol. The van der Waals surface area contributed by atoms with Crippen molar-refractivity contribution in [1.29, 1.82) is 0 Å². The van der Waals surface area contributed by atoms with E-state index in [0.717, 1.165) is 16.7 Å². The molecule has 0 heterocycles. The van der Waals surface area contributed by atoms with Gasteiger partial charge in [0.25, 0.3) is 0 Å². The fourth-order valence-corrected chi connectivity index (χ4v) is 2.39. The van der Waals surface area contributed by atoms with Crippen LogP contribution in [0.1, 0.15) is 5.56 Å². The van der Waals surface area contributed by atoms with E-state index in [2.05, 4.69) is 31.2 Å². The Labute approximate surface area is 118 Å². The number of halogens is 1. The molecule has 3 aromatic rings. The topological polar surface area (TPSA) is 0 Å². The van der Waals surface area contributed by atoms with Crippen molar-refractivity contribution in [3.63, 3.8) is 0 Å². The van der Waals surface area contributed by atoms with Crippen molar-refractivity contribution in [3.8, 4) is 22.3 Å². The van der Waals surface area contributed by atoms with E-state index in [-0.39, 0.29) is 5.82 Å². The first-order valence-corrected chi connectivity index (χ1v) is 6.66. The van der Waals surface area contributed by atoms with Crippen LogP contribution in [0, 0.1) is 12.7 Å². The van der Waals surface area contributed by atoms with Gasteiger partial charge in [0.05, 0.1) is 0 Å². The van der Waals surface area contributed by atoms with Crippen LogP contribution in [-0.4, -0.2) is 0 Å². The van der Waals surface area contributed by atoms with Crippen molar-refractivity contribution in [3.05, 3.63) is 84.2 Å². The molecular formula is C19H15F. The third kappa shape index (κ3) is 2.48. The van der Waals surface area contributed by atoms with E-state index in [1.807, 2.05) is 36.4 Å². The van der Waals surface area contributed by atoms with Gasteiger partial charge >= 0.3 is 0 Å². The molecule has 0 saturated heterocycles. The van der Waals surface area contributed by atoms with Crippen LogP contribution in [0.15, 0.2) is 72.8 Å². The van der Waals surface area contributed by atoms with Crippen molar-refractivity contribution < 1.29 is 4.39 Å². The van der Waals surface area contributed by atoms with Gasteiger partial charge in [0.2, 0.25) is 0 Å². The highest BCUT2D eigenvalue weighted by Crippen LogP contribution is 2.28. The van der Waals surface area contributed by atoms with E-state index in [0.29, 0.717) is 5.56 Å².